The molecular weight excluding hydrogens is 227 g/mol. The fraction of sp³-hybridized carbons (Fsp3) is 0.333. The van der Waals surface area contributed by atoms with Crippen molar-refractivity contribution in [2.24, 2.45) is 0 Å². The summed E-state index contributed by atoms with van der Waals surface area (Å²) < 4.78 is 0. The number of hydrogen-bond acceptors (Lipinski definition) is 0. The highest BCUT2D eigenvalue weighted by molar-refractivity contribution is 6.35. The molecule has 0 heterocycles. The lowest BCUT2D eigenvalue weighted by atomic mass is 9.62. The maximum atomic E-state index is 2.44. The third kappa shape index (κ3) is 4.27. The highest BCUT2D eigenvalue weighted by atomic mass is 14.1. The van der Waals surface area contributed by atoms with E-state index < -0.39 is 0 Å². The predicted octanol–water partition coefficient (Wildman–Crippen LogP) is 5.13. The highest BCUT2D eigenvalue weighted by Crippen LogP contribution is 2.23. The van der Waals surface area contributed by atoms with Gasteiger partial charge in [-0.25, -0.2) is 0 Å². The van der Waals surface area contributed by atoms with Crippen LogP contribution in [0.2, 0.25) is 12.6 Å². The molecule has 0 aromatic heterocycles. The maximum absolute atomic E-state index is 2.44. The molecule has 0 aliphatic carbocycles. The van der Waals surface area contributed by atoms with Crippen LogP contribution in [0.15, 0.2) is 60.7 Å². The molecule has 0 amide bonds. The Hall–Kier alpha value is -1.50. The summed E-state index contributed by atoms with van der Waals surface area (Å²) in [5, 5.41) is 0. The van der Waals surface area contributed by atoms with Crippen LogP contribution in [0.3, 0.4) is 0 Å². The summed E-state index contributed by atoms with van der Waals surface area (Å²) in [4.78, 5) is 0. The molecule has 0 spiro atoms. The van der Waals surface area contributed by atoms with E-state index in [1.807, 2.05) is 0 Å². The van der Waals surface area contributed by atoms with Gasteiger partial charge in [-0.1, -0.05) is 87.2 Å². The molecule has 0 N–H and O–H groups in total. The van der Waals surface area contributed by atoms with Crippen LogP contribution in [0.25, 0.3) is 0 Å². The molecule has 1 heteroatoms. The molecule has 2 unspecified atom stereocenters. The van der Waals surface area contributed by atoms with Gasteiger partial charge in [0.05, 0.1) is 0 Å². The molecular formula is C18H22B. The quantitative estimate of drug-likeness (QED) is 0.622. The molecule has 1 radical (unpaired) electrons. The first-order valence-electron chi connectivity index (χ1n) is 7.19. The van der Waals surface area contributed by atoms with Gasteiger partial charge in [0.2, 0.25) is 0 Å². The van der Waals surface area contributed by atoms with Crippen LogP contribution >= 0.6 is 0 Å². The van der Waals surface area contributed by atoms with Gasteiger partial charge in [-0.05, 0) is 23.0 Å². The first kappa shape index (κ1) is 13.9. The SMILES string of the molecule is CC(C[B]CC(C)c1ccccc1)c1ccccc1. The molecule has 2 aromatic carbocycles. The van der Waals surface area contributed by atoms with Gasteiger partial charge in [-0.2, -0.15) is 0 Å². The van der Waals surface area contributed by atoms with E-state index in [1.54, 1.807) is 0 Å². The average Bonchev–Trinajstić information content (AvgIpc) is 2.49. The smallest absolute Gasteiger partial charge is 0.0738 e. The van der Waals surface area contributed by atoms with Crippen LogP contribution in [0.4, 0.5) is 0 Å². The third-order valence-electron chi connectivity index (χ3n) is 3.78. The first-order chi connectivity index (χ1) is 9.27. The maximum Gasteiger partial charge on any atom is 0.111 e. The van der Waals surface area contributed by atoms with Gasteiger partial charge in [0, 0.05) is 0 Å². The minimum absolute atomic E-state index is 0.615. The van der Waals surface area contributed by atoms with Gasteiger partial charge in [0.1, 0.15) is 7.28 Å². The third-order valence-corrected chi connectivity index (χ3v) is 3.78. The van der Waals surface area contributed by atoms with Crippen LogP contribution in [0, 0.1) is 0 Å². The van der Waals surface area contributed by atoms with Crippen molar-refractivity contribution < 1.29 is 0 Å². The Kier molecular flexibility index (Phi) is 5.26. The zero-order valence-electron chi connectivity index (χ0n) is 11.9. The van der Waals surface area contributed by atoms with Crippen molar-refractivity contribution in [3.63, 3.8) is 0 Å². The van der Waals surface area contributed by atoms with E-state index in [0.29, 0.717) is 11.8 Å². The van der Waals surface area contributed by atoms with Crippen LogP contribution in [-0.4, -0.2) is 7.28 Å². The molecule has 0 aliphatic rings. The Morgan fingerprint density at radius 2 is 1.05 bits per heavy atom. The second kappa shape index (κ2) is 7.18. The second-order valence-corrected chi connectivity index (χ2v) is 5.38. The van der Waals surface area contributed by atoms with E-state index >= 15 is 0 Å². The van der Waals surface area contributed by atoms with E-state index in [0.717, 1.165) is 12.6 Å². The fourth-order valence-electron chi connectivity index (χ4n) is 2.43. The summed E-state index contributed by atoms with van der Waals surface area (Å²) in [6.07, 6.45) is 2.31. The topological polar surface area (TPSA) is 0 Å². The minimum atomic E-state index is 0.615. The van der Waals surface area contributed by atoms with Gasteiger partial charge in [0.15, 0.2) is 0 Å². The van der Waals surface area contributed by atoms with E-state index in [4.69, 9.17) is 0 Å². The Labute approximate surface area is 118 Å². The van der Waals surface area contributed by atoms with E-state index in [1.165, 1.54) is 11.1 Å². The predicted molar refractivity (Wildman–Crippen MR) is 85.1 cm³/mol. The lowest BCUT2D eigenvalue weighted by molar-refractivity contribution is 0.824. The van der Waals surface area contributed by atoms with E-state index in [-0.39, 0.29) is 0 Å². The van der Waals surface area contributed by atoms with Crippen LogP contribution in [0.5, 0.6) is 0 Å². The Bertz CT molecular complexity index is 418. The Balaban J connectivity index is 1.78. The van der Waals surface area contributed by atoms with Crippen molar-refractivity contribution in [3.05, 3.63) is 71.8 Å². The van der Waals surface area contributed by atoms with Crippen LogP contribution < -0.4 is 0 Å². The van der Waals surface area contributed by atoms with Crippen molar-refractivity contribution in [2.45, 2.75) is 38.3 Å². The normalized spacial score (nSPS) is 13.8. The second-order valence-electron chi connectivity index (χ2n) is 5.38. The fourth-order valence-corrected chi connectivity index (χ4v) is 2.43. The first-order valence-corrected chi connectivity index (χ1v) is 7.19. The Morgan fingerprint density at radius 1 is 0.684 bits per heavy atom. The van der Waals surface area contributed by atoms with Gasteiger partial charge >= 0.3 is 0 Å². The lowest BCUT2D eigenvalue weighted by Crippen LogP contribution is -2.03. The summed E-state index contributed by atoms with van der Waals surface area (Å²) in [6.45, 7) is 4.61. The molecule has 97 valence electrons. The van der Waals surface area contributed by atoms with E-state index in [2.05, 4.69) is 81.8 Å². The summed E-state index contributed by atoms with van der Waals surface area (Å²) in [6, 6.07) is 21.5. The van der Waals surface area contributed by atoms with E-state index in [9.17, 15) is 0 Å². The van der Waals surface area contributed by atoms with Crippen molar-refractivity contribution in [1.82, 2.24) is 0 Å². The summed E-state index contributed by atoms with van der Waals surface area (Å²) in [5.41, 5.74) is 2.87. The molecule has 19 heavy (non-hydrogen) atoms. The van der Waals surface area contributed by atoms with Crippen molar-refractivity contribution in [2.75, 3.05) is 0 Å². The molecule has 2 aromatic rings. The average molecular weight is 249 g/mol. The molecule has 0 aliphatic heterocycles. The molecule has 0 saturated carbocycles. The minimum Gasteiger partial charge on any atom is -0.0738 e. The number of rotatable bonds is 6. The highest BCUT2D eigenvalue weighted by Gasteiger charge is 2.09. The van der Waals surface area contributed by atoms with Crippen molar-refractivity contribution in [3.8, 4) is 0 Å². The van der Waals surface area contributed by atoms with Crippen molar-refractivity contribution >= 4 is 7.28 Å². The molecule has 2 rings (SSSR count). The molecule has 2 atom stereocenters. The van der Waals surface area contributed by atoms with Crippen molar-refractivity contribution in [1.29, 1.82) is 0 Å². The lowest BCUT2D eigenvalue weighted by Gasteiger charge is -2.14. The zero-order chi connectivity index (χ0) is 13.5. The van der Waals surface area contributed by atoms with Gasteiger partial charge in [-0.3, -0.25) is 0 Å². The molecule has 0 nitrogen and oxygen atoms in total. The molecule has 0 saturated heterocycles. The number of benzene rings is 2. The Morgan fingerprint density at radius 3 is 1.42 bits per heavy atom. The molecule has 0 bridgehead atoms. The standard InChI is InChI=1S/C18H22B/c1-15(17-9-5-3-6-10-17)13-19-14-16(2)18-11-7-4-8-12-18/h3-12,15-16H,13-14H2,1-2H3. The number of hydrogen-bond donors (Lipinski definition) is 0. The summed E-state index contributed by atoms with van der Waals surface area (Å²) >= 11 is 0. The zero-order valence-corrected chi connectivity index (χ0v) is 11.9. The largest absolute Gasteiger partial charge is 0.111 e. The molecule has 0 fully saturated rings. The monoisotopic (exact) mass is 249 g/mol. The summed E-state index contributed by atoms with van der Waals surface area (Å²) in [5.74, 6) is 1.23. The summed E-state index contributed by atoms with van der Waals surface area (Å²) in [7, 11) is 2.44. The van der Waals surface area contributed by atoms with Gasteiger partial charge < -0.3 is 0 Å². The van der Waals surface area contributed by atoms with Crippen LogP contribution in [-0.2, 0) is 0 Å². The van der Waals surface area contributed by atoms with Gasteiger partial charge in [-0.15, -0.1) is 0 Å². The van der Waals surface area contributed by atoms with Gasteiger partial charge in [0.25, 0.3) is 0 Å². The van der Waals surface area contributed by atoms with Crippen LogP contribution in [0.1, 0.15) is 36.8 Å².